The van der Waals surface area contributed by atoms with Crippen LogP contribution in [0.25, 0.3) is 0 Å². The Kier molecular flexibility index (Phi) is 6.44. The van der Waals surface area contributed by atoms with Gasteiger partial charge in [0.05, 0.1) is 25.0 Å². The first kappa shape index (κ1) is 21.1. The van der Waals surface area contributed by atoms with Crippen molar-refractivity contribution in [2.45, 2.75) is 17.7 Å². The van der Waals surface area contributed by atoms with Crippen LogP contribution in [0.2, 0.25) is 0 Å². The van der Waals surface area contributed by atoms with E-state index in [1.165, 1.54) is 30.7 Å². The lowest BCUT2D eigenvalue weighted by atomic mass is 9.98. The minimum absolute atomic E-state index is 0.0802. The molecule has 2 aromatic rings. The number of carbonyl (C=O) groups excluding carboxylic acids is 1. The molecule has 0 spiro atoms. The van der Waals surface area contributed by atoms with E-state index >= 15 is 0 Å². The first-order valence-electron chi connectivity index (χ1n) is 9.43. The lowest BCUT2D eigenvalue weighted by molar-refractivity contribution is -0.123. The van der Waals surface area contributed by atoms with Gasteiger partial charge in [0.15, 0.2) is 11.5 Å². The summed E-state index contributed by atoms with van der Waals surface area (Å²) < 4.78 is 38.1. The highest BCUT2D eigenvalue weighted by atomic mass is 32.2. The van der Waals surface area contributed by atoms with Gasteiger partial charge in [0.1, 0.15) is 0 Å². The molecule has 1 amide bonds. The number of methoxy groups -OCH3 is 2. The number of anilines is 1. The molecule has 1 fully saturated rings. The van der Waals surface area contributed by atoms with Gasteiger partial charge in [0.25, 0.3) is 0 Å². The van der Waals surface area contributed by atoms with E-state index in [0.29, 0.717) is 30.9 Å². The Labute approximate surface area is 171 Å². The molecule has 0 radical (unpaired) electrons. The van der Waals surface area contributed by atoms with Crippen molar-refractivity contribution in [3.05, 3.63) is 48.5 Å². The molecule has 0 aromatic heterocycles. The minimum Gasteiger partial charge on any atom is -0.493 e. The molecule has 1 heterocycles. The second-order valence-corrected chi connectivity index (χ2v) is 8.89. The number of carbonyl (C=O) groups is 1. The predicted molar refractivity (Wildman–Crippen MR) is 111 cm³/mol. The van der Waals surface area contributed by atoms with Crippen molar-refractivity contribution in [3.63, 3.8) is 0 Å². The molecule has 0 N–H and O–H groups in total. The number of rotatable bonds is 6. The second kappa shape index (κ2) is 8.84. The molecule has 0 saturated carbocycles. The number of ether oxygens (including phenoxy) is 2. The van der Waals surface area contributed by atoms with Gasteiger partial charge >= 0.3 is 0 Å². The normalized spacial score (nSPS) is 17.6. The van der Waals surface area contributed by atoms with Crippen molar-refractivity contribution < 1.29 is 22.7 Å². The van der Waals surface area contributed by atoms with Gasteiger partial charge in [-0.1, -0.05) is 18.2 Å². The molecular formula is C21H26N2O5S. The molecular weight excluding hydrogens is 392 g/mol. The molecule has 0 aliphatic carbocycles. The quantitative estimate of drug-likeness (QED) is 0.721. The number of amides is 1. The van der Waals surface area contributed by atoms with Crippen LogP contribution in [0.3, 0.4) is 0 Å². The smallest absolute Gasteiger partial charge is 0.243 e. The van der Waals surface area contributed by atoms with Gasteiger partial charge < -0.3 is 14.4 Å². The third-order valence-electron chi connectivity index (χ3n) is 5.20. The predicted octanol–water partition coefficient (Wildman–Crippen LogP) is 2.77. The van der Waals surface area contributed by atoms with Crippen LogP contribution in [0.1, 0.15) is 12.8 Å². The van der Waals surface area contributed by atoms with Crippen molar-refractivity contribution in [2.24, 2.45) is 5.92 Å². The number of hydrogen-bond donors (Lipinski definition) is 0. The van der Waals surface area contributed by atoms with Crippen LogP contribution >= 0.6 is 0 Å². The summed E-state index contributed by atoms with van der Waals surface area (Å²) in [4.78, 5) is 14.7. The van der Waals surface area contributed by atoms with E-state index in [1.54, 1.807) is 18.0 Å². The van der Waals surface area contributed by atoms with Gasteiger partial charge in [-0.25, -0.2) is 8.42 Å². The summed E-state index contributed by atoms with van der Waals surface area (Å²) in [5, 5.41) is 0. The maximum Gasteiger partial charge on any atom is 0.243 e. The van der Waals surface area contributed by atoms with Crippen LogP contribution in [0.4, 0.5) is 5.69 Å². The fourth-order valence-corrected chi connectivity index (χ4v) is 5.08. The zero-order valence-electron chi connectivity index (χ0n) is 16.9. The largest absolute Gasteiger partial charge is 0.493 e. The van der Waals surface area contributed by atoms with E-state index in [9.17, 15) is 13.2 Å². The van der Waals surface area contributed by atoms with E-state index in [2.05, 4.69) is 0 Å². The summed E-state index contributed by atoms with van der Waals surface area (Å²) in [5.74, 6) is 0.344. The van der Waals surface area contributed by atoms with Gasteiger partial charge in [-0.3, -0.25) is 4.79 Å². The van der Waals surface area contributed by atoms with E-state index in [4.69, 9.17) is 9.47 Å². The minimum atomic E-state index is -3.75. The fourth-order valence-electron chi connectivity index (χ4n) is 3.54. The van der Waals surface area contributed by atoms with Crippen molar-refractivity contribution in [1.29, 1.82) is 0 Å². The Morgan fingerprint density at radius 2 is 1.76 bits per heavy atom. The maximum atomic E-state index is 13.2. The molecule has 1 aliphatic heterocycles. The van der Waals surface area contributed by atoms with Gasteiger partial charge in [0, 0.05) is 31.9 Å². The number of piperidine rings is 1. The molecule has 1 aliphatic rings. The van der Waals surface area contributed by atoms with E-state index < -0.39 is 10.0 Å². The van der Waals surface area contributed by atoms with Crippen LogP contribution in [0.15, 0.2) is 53.4 Å². The summed E-state index contributed by atoms with van der Waals surface area (Å²) in [6.45, 7) is 0.544. The fraction of sp³-hybridized carbons (Fsp3) is 0.381. The molecule has 1 unspecified atom stereocenters. The number of para-hydroxylation sites is 1. The Balaban J connectivity index is 1.80. The van der Waals surface area contributed by atoms with E-state index in [0.717, 1.165) is 5.69 Å². The zero-order chi connectivity index (χ0) is 21.0. The zero-order valence-corrected chi connectivity index (χ0v) is 17.7. The molecule has 2 aromatic carbocycles. The van der Waals surface area contributed by atoms with Crippen LogP contribution in [0, 0.1) is 5.92 Å². The molecule has 1 saturated heterocycles. The summed E-state index contributed by atoms with van der Waals surface area (Å²) in [6, 6.07) is 13.9. The first-order chi connectivity index (χ1) is 13.9. The molecule has 7 nitrogen and oxygen atoms in total. The lowest BCUT2D eigenvalue weighted by Gasteiger charge is -2.33. The third-order valence-corrected chi connectivity index (χ3v) is 7.06. The summed E-state index contributed by atoms with van der Waals surface area (Å²) in [5.41, 5.74) is 0.789. The third kappa shape index (κ3) is 4.38. The number of hydrogen-bond acceptors (Lipinski definition) is 5. The first-order valence-corrected chi connectivity index (χ1v) is 10.9. The van der Waals surface area contributed by atoms with E-state index in [-0.39, 0.29) is 23.3 Å². The lowest BCUT2D eigenvalue weighted by Crippen LogP contribution is -2.45. The molecule has 3 rings (SSSR count). The average molecular weight is 419 g/mol. The highest BCUT2D eigenvalue weighted by molar-refractivity contribution is 7.89. The number of benzene rings is 2. The summed E-state index contributed by atoms with van der Waals surface area (Å²) in [7, 11) is 0.930. The monoisotopic (exact) mass is 418 g/mol. The van der Waals surface area contributed by atoms with Gasteiger partial charge in [-0.15, -0.1) is 0 Å². The topological polar surface area (TPSA) is 76.2 Å². The highest BCUT2D eigenvalue weighted by Crippen LogP contribution is 2.32. The van der Waals surface area contributed by atoms with Crippen molar-refractivity contribution >= 4 is 21.6 Å². The highest BCUT2D eigenvalue weighted by Gasteiger charge is 2.35. The number of nitrogens with zero attached hydrogens (tertiary/aromatic N) is 2. The van der Waals surface area contributed by atoms with Gasteiger partial charge in [-0.05, 0) is 37.1 Å². The summed E-state index contributed by atoms with van der Waals surface area (Å²) >= 11 is 0. The Morgan fingerprint density at radius 1 is 1.07 bits per heavy atom. The van der Waals surface area contributed by atoms with Crippen molar-refractivity contribution in [1.82, 2.24) is 4.31 Å². The van der Waals surface area contributed by atoms with Crippen LogP contribution in [0.5, 0.6) is 11.5 Å². The van der Waals surface area contributed by atoms with Crippen LogP contribution in [-0.4, -0.2) is 53.0 Å². The van der Waals surface area contributed by atoms with Crippen molar-refractivity contribution in [3.8, 4) is 11.5 Å². The van der Waals surface area contributed by atoms with Gasteiger partial charge in [0.2, 0.25) is 15.9 Å². The van der Waals surface area contributed by atoms with Crippen LogP contribution < -0.4 is 14.4 Å². The molecule has 156 valence electrons. The molecule has 1 atom stereocenters. The Morgan fingerprint density at radius 3 is 2.41 bits per heavy atom. The maximum absolute atomic E-state index is 13.2. The van der Waals surface area contributed by atoms with E-state index in [1.807, 2.05) is 30.3 Å². The average Bonchev–Trinajstić information content (AvgIpc) is 2.78. The second-order valence-electron chi connectivity index (χ2n) is 6.95. The summed E-state index contributed by atoms with van der Waals surface area (Å²) in [6.07, 6.45) is 1.29. The molecule has 0 bridgehead atoms. The Bertz CT molecular complexity index is 962. The Hall–Kier alpha value is -2.58. The SMILES string of the molecule is COc1ccc(S(=O)(=O)N2CCCC(C(=O)N(C)c3ccccc3)C2)cc1OC. The van der Waals surface area contributed by atoms with Crippen molar-refractivity contribution in [2.75, 3.05) is 39.3 Å². The number of sulfonamides is 1. The van der Waals surface area contributed by atoms with Crippen LogP contribution in [-0.2, 0) is 14.8 Å². The standard InChI is InChI=1S/C21H26N2O5S/c1-22(17-9-5-4-6-10-17)21(24)16-8-7-13-23(15-16)29(25,26)18-11-12-19(27-2)20(14-18)28-3/h4-6,9-12,14,16H,7-8,13,15H2,1-3H3. The molecule has 29 heavy (non-hydrogen) atoms. The molecule has 8 heteroatoms. The van der Waals surface area contributed by atoms with Gasteiger partial charge in [-0.2, -0.15) is 4.31 Å².